The first-order valence-corrected chi connectivity index (χ1v) is 5.58. The first-order valence-electron chi connectivity index (χ1n) is 5.58. The van der Waals surface area contributed by atoms with Crippen LogP contribution < -0.4 is 0 Å². The number of aromatic nitrogens is 3. The van der Waals surface area contributed by atoms with Gasteiger partial charge in [-0.1, -0.05) is 12.1 Å². The molecule has 0 saturated carbocycles. The topological polar surface area (TPSA) is 72.0 Å². The van der Waals surface area contributed by atoms with Gasteiger partial charge in [0.05, 0.1) is 11.3 Å². The largest absolute Gasteiger partial charge is 0.385 e. The van der Waals surface area contributed by atoms with Gasteiger partial charge >= 0.3 is 0 Å². The molecule has 5 nitrogen and oxygen atoms in total. The number of hydrogen-bond donors (Lipinski definition) is 1. The lowest BCUT2D eigenvalue weighted by molar-refractivity contribution is 0.159. The molecule has 1 atom stereocenters. The van der Waals surface area contributed by atoms with Crippen LogP contribution in [0.4, 0.5) is 0 Å². The van der Waals surface area contributed by atoms with E-state index in [-0.39, 0.29) is 0 Å². The summed E-state index contributed by atoms with van der Waals surface area (Å²) in [6.07, 6.45) is -0.115. The summed E-state index contributed by atoms with van der Waals surface area (Å²) >= 11 is 0. The van der Waals surface area contributed by atoms with Gasteiger partial charge in [-0.05, 0) is 32.4 Å². The van der Waals surface area contributed by atoms with Gasteiger partial charge in [0, 0.05) is 5.69 Å². The highest BCUT2D eigenvalue weighted by Gasteiger charge is 2.16. The lowest BCUT2D eigenvalue weighted by Crippen LogP contribution is -1.97. The van der Waals surface area contributed by atoms with Crippen LogP contribution in [0, 0.1) is 13.8 Å². The fourth-order valence-corrected chi connectivity index (χ4v) is 1.57. The van der Waals surface area contributed by atoms with Gasteiger partial charge in [-0.2, -0.15) is 4.98 Å². The van der Waals surface area contributed by atoms with Crippen molar-refractivity contribution in [3.05, 3.63) is 29.3 Å². The average Bonchev–Trinajstić information content (AvgIpc) is 2.77. The number of aryl methyl sites for hydroxylation is 2. The highest BCUT2D eigenvalue weighted by atomic mass is 16.5. The van der Waals surface area contributed by atoms with E-state index in [0.29, 0.717) is 18.1 Å². The van der Waals surface area contributed by atoms with Crippen LogP contribution in [0.5, 0.6) is 0 Å². The Bertz CT molecular complexity index is 522. The molecule has 0 aliphatic carbocycles. The van der Waals surface area contributed by atoms with Gasteiger partial charge in [0.2, 0.25) is 5.82 Å². The zero-order valence-electron chi connectivity index (χ0n) is 10.1. The number of aliphatic hydroxyl groups is 1. The van der Waals surface area contributed by atoms with Gasteiger partial charge < -0.3 is 9.63 Å². The van der Waals surface area contributed by atoms with Crippen molar-refractivity contribution < 1.29 is 9.63 Å². The van der Waals surface area contributed by atoms with Gasteiger partial charge in [0.25, 0.3) is 5.89 Å². The molecule has 90 valence electrons. The van der Waals surface area contributed by atoms with E-state index < -0.39 is 6.10 Å². The molecule has 0 amide bonds. The molecular weight excluding hydrogens is 218 g/mol. The summed E-state index contributed by atoms with van der Waals surface area (Å²) in [6.45, 7) is 5.68. The molecule has 2 aromatic rings. The molecule has 2 rings (SSSR count). The number of aliphatic hydroxyl groups excluding tert-OH is 1. The second-order valence-corrected chi connectivity index (χ2v) is 3.97. The van der Waals surface area contributed by atoms with E-state index in [1.807, 2.05) is 32.9 Å². The Morgan fingerprint density at radius 1 is 1.29 bits per heavy atom. The minimum Gasteiger partial charge on any atom is -0.385 e. The quantitative estimate of drug-likeness (QED) is 0.879. The Labute approximate surface area is 99.5 Å². The maximum Gasteiger partial charge on any atom is 0.259 e. The number of rotatable bonds is 3. The number of hydrogen-bond acceptors (Lipinski definition) is 5. The first kappa shape index (κ1) is 11.7. The van der Waals surface area contributed by atoms with E-state index >= 15 is 0 Å². The molecule has 5 heteroatoms. The lowest BCUT2D eigenvalue weighted by atomic mass is 10.2. The normalized spacial score (nSPS) is 12.7. The molecule has 0 aliphatic rings. The van der Waals surface area contributed by atoms with Crippen molar-refractivity contribution in [2.75, 3.05) is 0 Å². The van der Waals surface area contributed by atoms with E-state index in [1.165, 1.54) is 0 Å². The smallest absolute Gasteiger partial charge is 0.259 e. The number of nitrogens with zero attached hydrogens (tertiary/aromatic N) is 3. The minimum atomic E-state index is -0.675. The molecule has 0 saturated heterocycles. The van der Waals surface area contributed by atoms with Gasteiger partial charge in [0.1, 0.15) is 6.10 Å². The van der Waals surface area contributed by atoms with Crippen LogP contribution in [0.3, 0.4) is 0 Å². The summed E-state index contributed by atoms with van der Waals surface area (Å²) in [5, 5.41) is 13.4. The maximum atomic E-state index is 9.60. The summed E-state index contributed by atoms with van der Waals surface area (Å²) < 4.78 is 5.13. The van der Waals surface area contributed by atoms with E-state index in [4.69, 9.17) is 4.52 Å². The zero-order chi connectivity index (χ0) is 12.4. The minimum absolute atomic E-state index is 0.322. The van der Waals surface area contributed by atoms with Crippen molar-refractivity contribution in [2.45, 2.75) is 33.3 Å². The van der Waals surface area contributed by atoms with Gasteiger partial charge in [-0.15, -0.1) is 0 Å². The molecule has 0 bridgehead atoms. The van der Waals surface area contributed by atoms with E-state index in [0.717, 1.165) is 17.0 Å². The van der Waals surface area contributed by atoms with Gasteiger partial charge in [-0.25, -0.2) is 0 Å². The first-order chi connectivity index (χ1) is 8.11. The Balaban J connectivity index is 2.37. The highest BCUT2D eigenvalue weighted by molar-refractivity contribution is 5.55. The molecule has 0 radical (unpaired) electrons. The van der Waals surface area contributed by atoms with E-state index in [1.54, 1.807) is 0 Å². The van der Waals surface area contributed by atoms with Crippen molar-refractivity contribution in [2.24, 2.45) is 0 Å². The Morgan fingerprint density at radius 3 is 2.71 bits per heavy atom. The summed E-state index contributed by atoms with van der Waals surface area (Å²) in [6, 6.07) is 3.79. The van der Waals surface area contributed by atoms with Crippen LogP contribution in [-0.2, 0) is 0 Å². The number of pyridine rings is 1. The Hall–Kier alpha value is -1.75. The van der Waals surface area contributed by atoms with Crippen molar-refractivity contribution in [3.8, 4) is 11.5 Å². The Kier molecular flexibility index (Phi) is 3.19. The Morgan fingerprint density at radius 2 is 2.06 bits per heavy atom. The van der Waals surface area contributed by atoms with Crippen LogP contribution in [0.1, 0.15) is 36.7 Å². The van der Waals surface area contributed by atoms with Crippen LogP contribution in [0.25, 0.3) is 11.5 Å². The van der Waals surface area contributed by atoms with Gasteiger partial charge in [0.15, 0.2) is 0 Å². The maximum absolute atomic E-state index is 9.60. The fraction of sp³-hybridized carbons (Fsp3) is 0.417. The van der Waals surface area contributed by atoms with Crippen molar-refractivity contribution in [1.29, 1.82) is 0 Å². The summed E-state index contributed by atoms with van der Waals surface area (Å²) in [4.78, 5) is 8.51. The fourth-order valence-electron chi connectivity index (χ4n) is 1.57. The molecule has 1 unspecified atom stereocenters. The average molecular weight is 233 g/mol. The summed E-state index contributed by atoms with van der Waals surface area (Å²) in [5.74, 6) is 0.722. The van der Waals surface area contributed by atoms with Crippen molar-refractivity contribution >= 4 is 0 Å². The molecule has 0 aromatic carbocycles. The highest BCUT2D eigenvalue weighted by Crippen LogP contribution is 2.22. The molecule has 0 fully saturated rings. The summed E-state index contributed by atoms with van der Waals surface area (Å²) in [5.41, 5.74) is 2.59. The van der Waals surface area contributed by atoms with Gasteiger partial charge in [-0.3, -0.25) is 4.98 Å². The predicted molar refractivity (Wildman–Crippen MR) is 62.3 cm³/mol. The lowest BCUT2D eigenvalue weighted by Gasteiger charge is -2.01. The standard InChI is InChI=1S/C12H15N3O2/c1-4-10(16)11-14-12(17-15-11)9-6-5-7(2)13-8(9)3/h5-6,10,16H,4H2,1-3H3. The third-order valence-electron chi connectivity index (χ3n) is 2.58. The van der Waals surface area contributed by atoms with Crippen LogP contribution in [-0.4, -0.2) is 20.2 Å². The van der Waals surface area contributed by atoms with Crippen LogP contribution in [0.15, 0.2) is 16.7 Å². The van der Waals surface area contributed by atoms with E-state index in [2.05, 4.69) is 15.1 Å². The molecule has 0 spiro atoms. The second-order valence-electron chi connectivity index (χ2n) is 3.97. The molecular formula is C12H15N3O2. The monoisotopic (exact) mass is 233 g/mol. The molecule has 0 aliphatic heterocycles. The van der Waals surface area contributed by atoms with Crippen molar-refractivity contribution in [1.82, 2.24) is 15.1 Å². The molecule has 17 heavy (non-hydrogen) atoms. The molecule has 1 N–H and O–H groups in total. The molecule has 2 heterocycles. The van der Waals surface area contributed by atoms with Crippen molar-refractivity contribution in [3.63, 3.8) is 0 Å². The second kappa shape index (κ2) is 4.63. The third-order valence-corrected chi connectivity index (χ3v) is 2.58. The summed E-state index contributed by atoms with van der Waals surface area (Å²) in [7, 11) is 0. The third kappa shape index (κ3) is 2.34. The van der Waals surface area contributed by atoms with Crippen LogP contribution >= 0.6 is 0 Å². The van der Waals surface area contributed by atoms with Crippen LogP contribution in [0.2, 0.25) is 0 Å². The zero-order valence-corrected chi connectivity index (χ0v) is 10.1. The SMILES string of the molecule is CCC(O)c1noc(-c2ccc(C)nc2C)n1. The molecule has 2 aromatic heterocycles. The van der Waals surface area contributed by atoms with E-state index in [9.17, 15) is 5.11 Å². The predicted octanol–water partition coefficient (Wildman–Crippen LogP) is 2.19.